The van der Waals surface area contributed by atoms with Crippen LogP contribution in [-0.4, -0.2) is 40.3 Å². The second-order valence-corrected chi connectivity index (χ2v) is 8.69. The van der Waals surface area contributed by atoms with Crippen LogP contribution in [0.4, 0.5) is 0 Å². The monoisotopic (exact) mass is 396 g/mol. The highest BCUT2D eigenvalue weighted by Crippen LogP contribution is 2.39. The first-order valence-corrected chi connectivity index (χ1v) is 9.51. The van der Waals surface area contributed by atoms with Crippen LogP contribution in [0.3, 0.4) is 0 Å². The van der Waals surface area contributed by atoms with Gasteiger partial charge in [-0.3, -0.25) is 4.79 Å². The molecular weight excluding hydrogens is 375 g/mol. The van der Waals surface area contributed by atoms with Gasteiger partial charge in [-0.05, 0) is 50.9 Å². The van der Waals surface area contributed by atoms with Crippen molar-refractivity contribution in [1.82, 2.24) is 0 Å². The Bertz CT molecular complexity index is 744. The zero-order valence-electron chi connectivity index (χ0n) is 15.5. The first kappa shape index (κ1) is 21.0. The molecule has 1 aliphatic rings. The van der Waals surface area contributed by atoms with Crippen molar-refractivity contribution in [2.24, 2.45) is 0 Å². The fourth-order valence-electron chi connectivity index (χ4n) is 2.37. The van der Waals surface area contributed by atoms with Crippen molar-refractivity contribution in [3.05, 3.63) is 39.8 Å². The molecule has 1 saturated heterocycles. The van der Waals surface area contributed by atoms with Gasteiger partial charge in [-0.25, -0.2) is 4.79 Å². The number of thioether (sulfide) groups is 1. The predicted molar refractivity (Wildman–Crippen MR) is 106 cm³/mol. The maximum Gasteiger partial charge on any atom is 0.491 e. The van der Waals surface area contributed by atoms with E-state index in [1.165, 1.54) is 19.1 Å². The number of carboxylic acid groups (broad SMARTS) is 1. The molecule has 0 radical (unpaired) electrons. The maximum atomic E-state index is 11.4. The average molecular weight is 397 g/mol. The van der Waals surface area contributed by atoms with E-state index in [1.54, 1.807) is 12.1 Å². The standard InChI is InChI=1S/C18H22BClO5S/c1-11(21)26-10-13(19-24-17(2,3)18(4,5)25-19)8-12-6-7-15(20)14(9-12)16(22)23/h6-9H,10H2,1-5H3,(H,22,23). The molecule has 8 heteroatoms. The van der Waals surface area contributed by atoms with Crippen LogP contribution in [0.1, 0.15) is 50.5 Å². The Morgan fingerprint density at radius 2 is 1.81 bits per heavy atom. The highest BCUT2D eigenvalue weighted by Gasteiger charge is 2.52. The molecule has 0 atom stereocenters. The lowest BCUT2D eigenvalue weighted by Gasteiger charge is -2.32. The Hall–Kier alpha value is -1.28. The van der Waals surface area contributed by atoms with Crippen molar-refractivity contribution in [3.8, 4) is 0 Å². The Labute approximate surface area is 163 Å². The molecule has 0 unspecified atom stereocenters. The van der Waals surface area contributed by atoms with Crippen LogP contribution < -0.4 is 0 Å². The number of hydrogen-bond acceptors (Lipinski definition) is 5. The number of carboxylic acids is 1. The normalized spacial score (nSPS) is 18.8. The molecule has 0 aliphatic carbocycles. The van der Waals surface area contributed by atoms with E-state index in [9.17, 15) is 14.7 Å². The molecule has 5 nitrogen and oxygen atoms in total. The van der Waals surface area contributed by atoms with Crippen molar-refractivity contribution in [1.29, 1.82) is 0 Å². The topological polar surface area (TPSA) is 72.8 Å². The van der Waals surface area contributed by atoms with Crippen molar-refractivity contribution in [2.75, 3.05) is 5.75 Å². The van der Waals surface area contributed by atoms with Gasteiger partial charge < -0.3 is 14.4 Å². The van der Waals surface area contributed by atoms with Gasteiger partial charge in [0.2, 0.25) is 0 Å². The van der Waals surface area contributed by atoms with E-state index >= 15 is 0 Å². The van der Waals surface area contributed by atoms with Crippen molar-refractivity contribution >= 4 is 47.6 Å². The summed E-state index contributed by atoms with van der Waals surface area (Å²) in [5.41, 5.74) is 0.407. The zero-order valence-corrected chi connectivity index (χ0v) is 17.0. The van der Waals surface area contributed by atoms with Gasteiger partial charge in [-0.1, -0.05) is 35.5 Å². The van der Waals surface area contributed by atoms with Gasteiger partial charge >= 0.3 is 13.1 Å². The van der Waals surface area contributed by atoms with E-state index in [0.29, 0.717) is 11.3 Å². The van der Waals surface area contributed by atoms with Crippen LogP contribution in [0.5, 0.6) is 0 Å². The van der Waals surface area contributed by atoms with Crippen LogP contribution in [0.2, 0.25) is 5.02 Å². The minimum Gasteiger partial charge on any atom is -0.478 e. The summed E-state index contributed by atoms with van der Waals surface area (Å²) in [6, 6.07) is 4.75. The summed E-state index contributed by atoms with van der Waals surface area (Å²) in [4.78, 5) is 22.7. The first-order chi connectivity index (χ1) is 11.9. The summed E-state index contributed by atoms with van der Waals surface area (Å²) in [5, 5.41) is 9.40. The van der Waals surface area contributed by atoms with Crippen molar-refractivity contribution in [3.63, 3.8) is 0 Å². The Morgan fingerprint density at radius 3 is 2.31 bits per heavy atom. The number of aromatic carboxylic acids is 1. The molecule has 0 bridgehead atoms. The quantitative estimate of drug-likeness (QED) is 0.747. The molecule has 26 heavy (non-hydrogen) atoms. The highest BCUT2D eigenvalue weighted by atomic mass is 35.5. The summed E-state index contributed by atoms with van der Waals surface area (Å²) < 4.78 is 12.1. The van der Waals surface area contributed by atoms with Crippen LogP contribution in [-0.2, 0) is 14.1 Å². The van der Waals surface area contributed by atoms with E-state index in [4.69, 9.17) is 20.9 Å². The van der Waals surface area contributed by atoms with Crippen molar-refractivity contribution in [2.45, 2.75) is 45.8 Å². The van der Waals surface area contributed by atoms with Gasteiger partial charge in [0.1, 0.15) is 0 Å². The van der Waals surface area contributed by atoms with Gasteiger partial charge in [0.05, 0.1) is 21.8 Å². The minimum atomic E-state index is -1.10. The van der Waals surface area contributed by atoms with Gasteiger partial charge in [0, 0.05) is 12.7 Å². The SMILES string of the molecule is CC(=O)SCC(=Cc1ccc(Cl)c(C(=O)O)c1)B1OC(C)(C)C(C)(C)O1. The zero-order chi connectivity index (χ0) is 19.7. The molecule has 0 amide bonds. The second-order valence-electron chi connectivity index (χ2n) is 7.13. The molecule has 0 spiro atoms. The highest BCUT2D eigenvalue weighted by molar-refractivity contribution is 8.13. The fourth-order valence-corrected chi connectivity index (χ4v) is 3.16. The smallest absolute Gasteiger partial charge is 0.478 e. The number of carbonyl (C=O) groups is 2. The van der Waals surface area contributed by atoms with E-state index in [2.05, 4.69) is 0 Å². The van der Waals surface area contributed by atoms with Gasteiger partial charge in [-0.15, -0.1) is 0 Å². The molecule has 1 heterocycles. The largest absolute Gasteiger partial charge is 0.491 e. The number of benzene rings is 1. The Morgan fingerprint density at radius 1 is 1.23 bits per heavy atom. The summed E-state index contributed by atoms with van der Waals surface area (Å²) in [6.07, 6.45) is 1.79. The molecule has 1 fully saturated rings. The lowest BCUT2D eigenvalue weighted by atomic mass is 9.78. The molecule has 0 aromatic heterocycles. The minimum absolute atomic E-state index is 0.0188. The van der Waals surface area contributed by atoms with Crippen LogP contribution in [0, 0.1) is 0 Å². The molecule has 0 saturated carbocycles. The number of halogens is 1. The number of hydrogen-bond donors (Lipinski definition) is 1. The number of rotatable bonds is 5. The van der Waals surface area contributed by atoms with E-state index in [1.807, 2.05) is 27.7 Å². The van der Waals surface area contributed by atoms with E-state index in [0.717, 1.165) is 17.2 Å². The van der Waals surface area contributed by atoms with Crippen LogP contribution in [0.15, 0.2) is 23.7 Å². The van der Waals surface area contributed by atoms with E-state index < -0.39 is 24.3 Å². The first-order valence-electron chi connectivity index (χ1n) is 8.15. The molecule has 1 aromatic carbocycles. The predicted octanol–water partition coefficient (Wildman–Crippen LogP) is 4.33. The molecule has 1 aliphatic heterocycles. The fraction of sp³-hybridized carbons (Fsp3) is 0.444. The third-order valence-corrected chi connectivity index (χ3v) is 5.78. The van der Waals surface area contributed by atoms with Gasteiger partial charge in [0.15, 0.2) is 5.12 Å². The third kappa shape index (κ3) is 4.71. The molecule has 1 aromatic rings. The van der Waals surface area contributed by atoms with Gasteiger partial charge in [0.25, 0.3) is 0 Å². The lowest BCUT2D eigenvalue weighted by molar-refractivity contribution is -0.109. The summed E-state index contributed by atoms with van der Waals surface area (Å²) in [5.74, 6) is -0.711. The molecular formula is C18H22BClO5S. The summed E-state index contributed by atoms with van der Waals surface area (Å²) in [7, 11) is -0.615. The van der Waals surface area contributed by atoms with Crippen LogP contribution in [0.25, 0.3) is 6.08 Å². The second kappa shape index (κ2) is 7.76. The summed E-state index contributed by atoms with van der Waals surface area (Å²) in [6.45, 7) is 9.31. The summed E-state index contributed by atoms with van der Waals surface area (Å²) >= 11 is 7.08. The Balaban J connectivity index is 2.39. The number of carbonyl (C=O) groups excluding carboxylic acids is 1. The van der Waals surface area contributed by atoms with Crippen LogP contribution >= 0.6 is 23.4 Å². The average Bonchev–Trinajstić information content (AvgIpc) is 2.72. The van der Waals surface area contributed by atoms with Gasteiger partial charge in [-0.2, -0.15) is 0 Å². The van der Waals surface area contributed by atoms with E-state index in [-0.39, 0.29) is 15.7 Å². The molecule has 140 valence electrons. The lowest BCUT2D eigenvalue weighted by Crippen LogP contribution is -2.41. The Kier molecular flexibility index (Phi) is 6.28. The third-order valence-electron chi connectivity index (χ3n) is 4.57. The van der Waals surface area contributed by atoms with Crippen molar-refractivity contribution < 1.29 is 24.0 Å². The maximum absolute atomic E-state index is 11.4. The molecule has 2 rings (SSSR count). The molecule has 1 N–H and O–H groups in total.